The molecule has 1 aromatic heterocycles. The molecule has 0 unspecified atom stereocenters. The average molecular weight is 741 g/mol. The lowest BCUT2D eigenvalue weighted by atomic mass is 9.88. The first-order valence-corrected chi connectivity index (χ1v) is 19.7. The Kier molecular flexibility index (Phi) is 8.15. The van der Waals surface area contributed by atoms with Crippen molar-refractivity contribution < 1.29 is 4.42 Å². The summed E-state index contributed by atoms with van der Waals surface area (Å²) >= 11 is 0. The van der Waals surface area contributed by atoms with Crippen molar-refractivity contribution in [1.82, 2.24) is 4.98 Å². The summed E-state index contributed by atoms with van der Waals surface area (Å²) in [6.07, 6.45) is 0. The second kappa shape index (κ2) is 14.1. The molecule has 0 bridgehead atoms. The Hall–Kier alpha value is -7.75. The van der Waals surface area contributed by atoms with Crippen molar-refractivity contribution in [2.24, 2.45) is 0 Å². The van der Waals surface area contributed by atoms with Crippen LogP contribution in [0.1, 0.15) is 0 Å². The summed E-state index contributed by atoms with van der Waals surface area (Å²) in [5.41, 5.74) is 12.9. The van der Waals surface area contributed by atoms with Crippen molar-refractivity contribution in [3.63, 3.8) is 0 Å². The van der Waals surface area contributed by atoms with E-state index >= 15 is 0 Å². The topological polar surface area (TPSA) is 29.3 Å². The number of fused-ring (bicyclic) bond motifs is 8. The van der Waals surface area contributed by atoms with Crippen LogP contribution in [0.15, 0.2) is 223 Å². The van der Waals surface area contributed by atoms with Crippen LogP contribution in [0.2, 0.25) is 0 Å². The third-order valence-corrected chi connectivity index (χ3v) is 11.3. The van der Waals surface area contributed by atoms with Gasteiger partial charge in [-0.3, -0.25) is 0 Å². The second-order valence-electron chi connectivity index (χ2n) is 14.6. The predicted octanol–water partition coefficient (Wildman–Crippen LogP) is 15.4. The van der Waals surface area contributed by atoms with E-state index in [1.54, 1.807) is 0 Å². The summed E-state index contributed by atoms with van der Waals surface area (Å²) < 4.78 is 6.67. The largest absolute Gasteiger partial charge is 0.435 e. The van der Waals surface area contributed by atoms with Gasteiger partial charge in [0.15, 0.2) is 5.58 Å². The quantitative estimate of drug-likeness (QED) is 0.152. The van der Waals surface area contributed by atoms with E-state index in [2.05, 4.69) is 205 Å². The molecule has 0 N–H and O–H groups in total. The maximum absolute atomic E-state index is 6.67. The molecule has 0 amide bonds. The van der Waals surface area contributed by atoms with E-state index in [-0.39, 0.29) is 0 Å². The number of nitrogens with zero attached hydrogens (tertiary/aromatic N) is 2. The summed E-state index contributed by atoms with van der Waals surface area (Å²) in [5.74, 6) is 0.619. The molecule has 10 aromatic carbocycles. The minimum Gasteiger partial charge on any atom is -0.435 e. The molecule has 0 saturated heterocycles. The van der Waals surface area contributed by atoms with Crippen molar-refractivity contribution in [3.8, 4) is 44.8 Å². The fraction of sp³-hybridized carbons (Fsp3) is 0. The first-order chi connectivity index (χ1) is 28.8. The molecule has 3 nitrogen and oxygen atoms in total. The van der Waals surface area contributed by atoms with Crippen molar-refractivity contribution in [3.05, 3.63) is 218 Å². The molecule has 0 aliphatic rings. The van der Waals surface area contributed by atoms with Gasteiger partial charge in [0.25, 0.3) is 0 Å². The lowest BCUT2D eigenvalue weighted by molar-refractivity contribution is 0.623. The molecular formula is C55H36N2O. The molecule has 3 heteroatoms. The second-order valence-corrected chi connectivity index (χ2v) is 14.6. The van der Waals surface area contributed by atoms with E-state index < -0.39 is 0 Å². The van der Waals surface area contributed by atoms with E-state index in [1.165, 1.54) is 22.3 Å². The van der Waals surface area contributed by atoms with E-state index in [9.17, 15) is 0 Å². The summed E-state index contributed by atoms with van der Waals surface area (Å²) in [5, 5.41) is 6.70. The summed E-state index contributed by atoms with van der Waals surface area (Å²) in [4.78, 5) is 7.64. The van der Waals surface area contributed by atoms with Crippen LogP contribution in [-0.4, -0.2) is 4.98 Å². The average Bonchev–Trinajstić information content (AvgIpc) is 3.76. The van der Waals surface area contributed by atoms with Crippen LogP contribution < -0.4 is 4.90 Å². The minimum absolute atomic E-state index is 0.619. The van der Waals surface area contributed by atoms with Crippen LogP contribution in [0, 0.1) is 0 Å². The fourth-order valence-corrected chi connectivity index (χ4v) is 8.66. The van der Waals surface area contributed by atoms with Crippen LogP contribution >= 0.6 is 0 Å². The zero-order valence-corrected chi connectivity index (χ0v) is 31.6. The first-order valence-electron chi connectivity index (χ1n) is 19.7. The Morgan fingerprint density at radius 1 is 0.362 bits per heavy atom. The number of rotatable bonds is 7. The number of para-hydroxylation sites is 2. The minimum atomic E-state index is 0.619. The van der Waals surface area contributed by atoms with Crippen molar-refractivity contribution >= 4 is 60.5 Å². The van der Waals surface area contributed by atoms with E-state index in [0.717, 1.165) is 77.2 Å². The standard InChI is InChI=1S/C55H36N2O/c1-4-18-37(19-5-1)42-24-10-11-25-43(42)44-26-12-13-27-45(44)47-29-16-17-31-51(47)57(40-22-8-3-9-23-40)41-34-32-38-33-35-48-46-28-14-15-30-49(46)54-53(52(48)50(38)36-41)56-55(58-54)39-20-6-2-7-21-39/h1-36H. The van der Waals surface area contributed by atoms with E-state index in [4.69, 9.17) is 9.40 Å². The molecule has 0 aliphatic heterocycles. The van der Waals surface area contributed by atoms with Gasteiger partial charge in [0.05, 0.1) is 5.69 Å². The smallest absolute Gasteiger partial charge is 0.227 e. The molecule has 1 heterocycles. The van der Waals surface area contributed by atoms with Gasteiger partial charge in [-0.15, -0.1) is 0 Å². The van der Waals surface area contributed by atoms with Crippen molar-refractivity contribution in [1.29, 1.82) is 0 Å². The van der Waals surface area contributed by atoms with Crippen LogP contribution in [0.25, 0.3) is 88.3 Å². The molecule has 58 heavy (non-hydrogen) atoms. The first kappa shape index (κ1) is 33.6. The number of oxazole rings is 1. The van der Waals surface area contributed by atoms with Gasteiger partial charge in [0.1, 0.15) is 5.52 Å². The maximum atomic E-state index is 6.67. The Morgan fingerprint density at radius 2 is 0.897 bits per heavy atom. The van der Waals surface area contributed by atoms with Gasteiger partial charge in [0.2, 0.25) is 5.89 Å². The van der Waals surface area contributed by atoms with E-state index in [0.29, 0.717) is 5.89 Å². The van der Waals surface area contributed by atoms with Crippen LogP contribution in [0.3, 0.4) is 0 Å². The SMILES string of the molecule is c1ccc(-c2nc3c(o2)c2ccccc2c2ccc4ccc(N(c5ccccc5)c5ccccc5-c5ccccc5-c5ccccc5-c5ccccc5)cc4c23)cc1. The number of benzene rings is 10. The zero-order valence-electron chi connectivity index (χ0n) is 31.6. The fourth-order valence-electron chi connectivity index (χ4n) is 8.66. The molecule has 0 spiro atoms. The molecule has 11 aromatic rings. The Labute approximate surface area is 336 Å². The Morgan fingerprint density at radius 3 is 1.62 bits per heavy atom. The van der Waals surface area contributed by atoms with Crippen molar-refractivity contribution in [2.75, 3.05) is 4.90 Å². The van der Waals surface area contributed by atoms with Crippen LogP contribution in [0.5, 0.6) is 0 Å². The Balaban J connectivity index is 1.16. The Bertz CT molecular complexity index is 3280. The molecule has 0 aliphatic carbocycles. The monoisotopic (exact) mass is 740 g/mol. The third-order valence-electron chi connectivity index (χ3n) is 11.3. The van der Waals surface area contributed by atoms with Gasteiger partial charge >= 0.3 is 0 Å². The highest BCUT2D eigenvalue weighted by Gasteiger charge is 2.22. The van der Waals surface area contributed by atoms with Crippen molar-refractivity contribution in [2.45, 2.75) is 0 Å². The molecule has 0 fully saturated rings. The maximum Gasteiger partial charge on any atom is 0.227 e. The zero-order chi connectivity index (χ0) is 38.4. The lowest BCUT2D eigenvalue weighted by Gasteiger charge is -2.29. The molecule has 0 radical (unpaired) electrons. The number of anilines is 3. The number of hydrogen-bond donors (Lipinski definition) is 0. The molecular weight excluding hydrogens is 705 g/mol. The predicted molar refractivity (Wildman–Crippen MR) is 243 cm³/mol. The van der Waals surface area contributed by atoms with Gasteiger partial charge in [0, 0.05) is 33.3 Å². The highest BCUT2D eigenvalue weighted by Crippen LogP contribution is 2.47. The van der Waals surface area contributed by atoms with Crippen LogP contribution in [0.4, 0.5) is 17.1 Å². The van der Waals surface area contributed by atoms with Gasteiger partial charge in [-0.1, -0.05) is 176 Å². The van der Waals surface area contributed by atoms with Gasteiger partial charge < -0.3 is 9.32 Å². The van der Waals surface area contributed by atoms with Gasteiger partial charge in [-0.2, -0.15) is 0 Å². The summed E-state index contributed by atoms with van der Waals surface area (Å²) in [6, 6.07) is 77.6. The normalized spacial score (nSPS) is 11.4. The third kappa shape index (κ3) is 5.64. The summed E-state index contributed by atoms with van der Waals surface area (Å²) in [7, 11) is 0. The van der Waals surface area contributed by atoms with Gasteiger partial charge in [-0.25, -0.2) is 4.98 Å². The lowest BCUT2D eigenvalue weighted by Crippen LogP contribution is -2.11. The van der Waals surface area contributed by atoms with Crippen LogP contribution in [-0.2, 0) is 0 Å². The van der Waals surface area contributed by atoms with Gasteiger partial charge in [-0.05, 0) is 91.8 Å². The van der Waals surface area contributed by atoms with E-state index in [1.807, 2.05) is 18.2 Å². The number of hydrogen-bond acceptors (Lipinski definition) is 3. The highest BCUT2D eigenvalue weighted by atomic mass is 16.3. The molecule has 272 valence electrons. The highest BCUT2D eigenvalue weighted by molar-refractivity contribution is 6.29. The molecule has 0 atom stereocenters. The molecule has 0 saturated carbocycles. The molecule has 11 rings (SSSR count). The number of aromatic nitrogens is 1. The summed E-state index contributed by atoms with van der Waals surface area (Å²) in [6.45, 7) is 0.